The van der Waals surface area contributed by atoms with Crippen molar-refractivity contribution in [3.8, 4) is 11.1 Å². The Hall–Kier alpha value is -3.04. The number of likely N-dealkylation sites (tertiary alicyclic amines) is 1. The number of aromatic nitrogens is 1. The molecule has 0 radical (unpaired) electrons. The molecule has 224 valence electrons. The molecule has 0 spiro atoms. The van der Waals surface area contributed by atoms with Crippen LogP contribution in [0.25, 0.3) is 11.1 Å². The van der Waals surface area contributed by atoms with E-state index in [0.717, 1.165) is 22.4 Å². The molecule has 1 atom stereocenters. The van der Waals surface area contributed by atoms with E-state index in [1.807, 2.05) is 19.1 Å². The summed E-state index contributed by atoms with van der Waals surface area (Å²) < 4.78 is 66.5. The van der Waals surface area contributed by atoms with Crippen molar-refractivity contribution in [2.24, 2.45) is 11.8 Å². The summed E-state index contributed by atoms with van der Waals surface area (Å²) in [4.78, 5) is 19.3. The number of hydrogen-bond acceptors (Lipinski definition) is 5. The van der Waals surface area contributed by atoms with E-state index in [-0.39, 0.29) is 53.0 Å². The van der Waals surface area contributed by atoms with E-state index in [9.17, 15) is 26.4 Å². The third-order valence-corrected chi connectivity index (χ3v) is 10.6. The Bertz CT molecular complexity index is 1470. The number of Topliss-reactive ketones (excluding diaryl/α,β-unsaturated/α-hetero) is 1. The molecule has 0 amide bonds. The summed E-state index contributed by atoms with van der Waals surface area (Å²) in [5.74, 6) is -2.69. The minimum Gasteiger partial charge on any atom is -0.299 e. The maximum absolute atomic E-state index is 13.4. The summed E-state index contributed by atoms with van der Waals surface area (Å²) in [7, 11) is -3.48. The van der Waals surface area contributed by atoms with Crippen molar-refractivity contribution >= 4 is 15.6 Å². The fourth-order valence-electron chi connectivity index (χ4n) is 6.15. The van der Waals surface area contributed by atoms with E-state index in [1.165, 1.54) is 12.1 Å². The van der Waals surface area contributed by atoms with Crippen molar-refractivity contribution in [2.75, 3.05) is 18.8 Å². The van der Waals surface area contributed by atoms with E-state index in [2.05, 4.69) is 4.98 Å². The molecule has 1 saturated heterocycles. The minimum absolute atomic E-state index is 0.0127. The number of halogens is 3. The van der Waals surface area contributed by atoms with Crippen LogP contribution in [0.4, 0.5) is 13.2 Å². The summed E-state index contributed by atoms with van der Waals surface area (Å²) in [5.41, 5.74) is 3.31. The second-order valence-corrected chi connectivity index (χ2v) is 14.0. The summed E-state index contributed by atoms with van der Waals surface area (Å²) >= 11 is 0. The van der Waals surface area contributed by atoms with Gasteiger partial charge in [-0.15, -0.1) is 0 Å². The zero-order valence-electron chi connectivity index (χ0n) is 23.8. The SMILES string of the molecule is C[C@@H](CC(=O)C1CCC(CS(=O)(=O)c2ccc(-c3ccc(CN4CCC(F)(F)C4)nc3)cc2)CC1)c1ccc(F)cc1. The molecule has 0 bridgehead atoms. The topological polar surface area (TPSA) is 67.3 Å². The third-order valence-electron chi connectivity index (χ3n) is 8.71. The molecular formula is C33H37F3N2O3S. The van der Waals surface area contributed by atoms with Gasteiger partial charge in [0, 0.05) is 43.6 Å². The highest BCUT2D eigenvalue weighted by Gasteiger charge is 2.38. The Morgan fingerprint density at radius 2 is 1.64 bits per heavy atom. The van der Waals surface area contributed by atoms with Gasteiger partial charge in [0.1, 0.15) is 11.6 Å². The number of alkyl halides is 2. The van der Waals surface area contributed by atoms with Crippen LogP contribution in [-0.4, -0.2) is 48.8 Å². The number of hydrogen-bond donors (Lipinski definition) is 0. The molecule has 0 unspecified atom stereocenters. The fraction of sp³-hybridized carbons (Fsp3) is 0.455. The monoisotopic (exact) mass is 598 g/mol. The Morgan fingerprint density at radius 1 is 0.976 bits per heavy atom. The van der Waals surface area contributed by atoms with Gasteiger partial charge < -0.3 is 0 Å². The first kappa shape index (κ1) is 30.4. The molecule has 2 fully saturated rings. The second-order valence-electron chi connectivity index (χ2n) is 12.0. The smallest absolute Gasteiger partial charge is 0.261 e. The maximum atomic E-state index is 13.4. The standard InChI is InChI=1S/C33H37F3N2O3S/c1-23(25-6-11-29(34)12-7-25)18-32(39)27-4-2-24(3-5-27)21-42(40,41)31-14-9-26(10-15-31)28-8-13-30(37-19-28)20-38-17-16-33(35,36)22-38/h6-15,19,23-24,27H,2-5,16-18,20-22H2,1H3/t23-,24?,27?/m0/s1. The minimum atomic E-state index is -3.48. The van der Waals surface area contributed by atoms with Gasteiger partial charge in [0.15, 0.2) is 9.84 Å². The van der Waals surface area contributed by atoms with Crippen LogP contribution in [-0.2, 0) is 21.2 Å². The highest BCUT2D eigenvalue weighted by atomic mass is 32.2. The molecule has 0 N–H and O–H groups in total. The molecule has 1 aliphatic carbocycles. The largest absolute Gasteiger partial charge is 0.299 e. The zero-order valence-corrected chi connectivity index (χ0v) is 24.6. The van der Waals surface area contributed by atoms with Crippen molar-refractivity contribution in [3.05, 3.63) is 83.9 Å². The van der Waals surface area contributed by atoms with E-state index in [0.29, 0.717) is 45.2 Å². The molecule has 9 heteroatoms. The molecular weight excluding hydrogens is 561 g/mol. The first-order valence-electron chi connectivity index (χ1n) is 14.6. The molecule has 1 aliphatic heterocycles. The molecule has 2 heterocycles. The molecule has 2 aromatic carbocycles. The lowest BCUT2D eigenvalue weighted by Gasteiger charge is -2.28. The lowest BCUT2D eigenvalue weighted by molar-refractivity contribution is -0.124. The number of ketones is 1. The van der Waals surface area contributed by atoms with Gasteiger partial charge in [0.25, 0.3) is 5.92 Å². The van der Waals surface area contributed by atoms with Crippen molar-refractivity contribution in [2.45, 2.75) is 68.7 Å². The highest BCUT2D eigenvalue weighted by Crippen LogP contribution is 2.34. The molecule has 3 aromatic rings. The van der Waals surface area contributed by atoms with E-state index in [1.54, 1.807) is 47.5 Å². The molecule has 1 saturated carbocycles. The quantitative estimate of drug-likeness (QED) is 0.250. The molecule has 2 aliphatic rings. The van der Waals surface area contributed by atoms with Crippen LogP contribution in [0.3, 0.4) is 0 Å². The van der Waals surface area contributed by atoms with Gasteiger partial charge in [-0.05, 0) is 79.0 Å². The lowest BCUT2D eigenvalue weighted by atomic mass is 9.78. The van der Waals surface area contributed by atoms with E-state index < -0.39 is 15.8 Å². The van der Waals surface area contributed by atoms with Crippen molar-refractivity contribution in [1.82, 2.24) is 9.88 Å². The molecule has 1 aromatic heterocycles. The predicted octanol–water partition coefficient (Wildman–Crippen LogP) is 7.07. The van der Waals surface area contributed by atoms with Gasteiger partial charge in [-0.25, -0.2) is 21.6 Å². The Labute approximate surface area is 246 Å². The Balaban J connectivity index is 1.11. The van der Waals surface area contributed by atoms with Crippen molar-refractivity contribution in [1.29, 1.82) is 0 Å². The van der Waals surface area contributed by atoms with Crippen LogP contribution in [0, 0.1) is 17.7 Å². The average molecular weight is 599 g/mol. The van der Waals surface area contributed by atoms with Crippen LogP contribution in [0.1, 0.15) is 62.6 Å². The Morgan fingerprint density at radius 3 is 2.24 bits per heavy atom. The van der Waals surface area contributed by atoms with Gasteiger partial charge in [0.2, 0.25) is 0 Å². The number of rotatable bonds is 10. The summed E-state index contributed by atoms with van der Waals surface area (Å²) in [6.45, 7) is 2.45. The van der Waals surface area contributed by atoms with Crippen LogP contribution >= 0.6 is 0 Å². The highest BCUT2D eigenvalue weighted by molar-refractivity contribution is 7.91. The number of nitrogens with zero attached hydrogens (tertiary/aromatic N) is 2. The van der Waals surface area contributed by atoms with Crippen molar-refractivity contribution < 1.29 is 26.4 Å². The normalized spacial score (nSPS) is 21.7. The predicted molar refractivity (Wildman–Crippen MR) is 156 cm³/mol. The first-order chi connectivity index (χ1) is 20.0. The average Bonchev–Trinajstić information content (AvgIpc) is 3.31. The van der Waals surface area contributed by atoms with E-state index >= 15 is 0 Å². The number of carbonyl (C=O) groups is 1. The van der Waals surface area contributed by atoms with Crippen molar-refractivity contribution in [3.63, 3.8) is 0 Å². The molecule has 5 rings (SSSR count). The van der Waals surface area contributed by atoms with Crippen LogP contribution in [0.5, 0.6) is 0 Å². The Kier molecular flexibility index (Phi) is 9.18. The van der Waals surface area contributed by atoms with Gasteiger partial charge in [-0.3, -0.25) is 14.7 Å². The lowest BCUT2D eigenvalue weighted by Crippen LogP contribution is -2.26. The first-order valence-corrected chi connectivity index (χ1v) is 16.3. The summed E-state index contributed by atoms with van der Waals surface area (Å²) in [5, 5.41) is 0. The van der Waals surface area contributed by atoms with Crippen LogP contribution in [0.2, 0.25) is 0 Å². The van der Waals surface area contributed by atoms with Crippen LogP contribution < -0.4 is 0 Å². The van der Waals surface area contributed by atoms with Gasteiger partial charge in [-0.2, -0.15) is 0 Å². The maximum Gasteiger partial charge on any atom is 0.261 e. The number of pyridine rings is 1. The van der Waals surface area contributed by atoms with Gasteiger partial charge >= 0.3 is 0 Å². The number of benzene rings is 2. The number of carbonyl (C=O) groups excluding carboxylic acids is 1. The van der Waals surface area contributed by atoms with E-state index in [4.69, 9.17) is 0 Å². The van der Waals surface area contributed by atoms with Gasteiger partial charge in [-0.1, -0.05) is 37.3 Å². The number of sulfone groups is 1. The van der Waals surface area contributed by atoms with Crippen LogP contribution in [0.15, 0.2) is 71.8 Å². The second kappa shape index (κ2) is 12.7. The molecule has 42 heavy (non-hydrogen) atoms. The third kappa shape index (κ3) is 7.67. The zero-order chi connectivity index (χ0) is 29.9. The summed E-state index contributed by atoms with van der Waals surface area (Å²) in [6.07, 6.45) is 4.75. The fourth-order valence-corrected chi connectivity index (χ4v) is 7.85. The van der Waals surface area contributed by atoms with Gasteiger partial charge in [0.05, 0.1) is 22.9 Å². The molecule has 5 nitrogen and oxygen atoms in total. The summed E-state index contributed by atoms with van der Waals surface area (Å²) in [6, 6.07) is 16.7.